The van der Waals surface area contributed by atoms with E-state index in [1.807, 2.05) is 0 Å². The minimum Gasteiger partial charge on any atom is -1.00 e. The Bertz CT molecular complexity index is 622. The van der Waals surface area contributed by atoms with Crippen molar-refractivity contribution in [3.05, 3.63) is 91.0 Å². The molecule has 3 aromatic rings. The molecule has 0 fully saturated rings. The Morgan fingerprint density at radius 3 is 1.00 bits per heavy atom. The van der Waals surface area contributed by atoms with Crippen LogP contribution < -0.4 is 25.3 Å². The van der Waals surface area contributed by atoms with Gasteiger partial charge in [0.05, 0.1) is 5.66 Å². The summed E-state index contributed by atoms with van der Waals surface area (Å²) in [4.78, 5) is 0. The Morgan fingerprint density at radius 1 is 0.542 bits per heavy atom. The molecule has 0 aliphatic heterocycles. The maximum Gasteiger partial charge on any atom is 1.00 e. The van der Waals surface area contributed by atoms with E-state index in [1.54, 1.807) is 0 Å². The molecule has 126 valence electrons. The van der Waals surface area contributed by atoms with E-state index in [1.165, 1.54) is 15.9 Å². The molecule has 0 radical (unpaired) electrons. The molecule has 0 nitrogen and oxygen atoms in total. The molecule has 24 heavy (non-hydrogen) atoms. The lowest BCUT2D eigenvalue weighted by atomic mass is 10.3. The quantitative estimate of drug-likeness (QED) is 0.506. The highest BCUT2D eigenvalue weighted by Crippen LogP contribution is 2.59. The van der Waals surface area contributed by atoms with Crippen molar-refractivity contribution in [3.8, 4) is 0 Å². The van der Waals surface area contributed by atoms with Crippen LogP contribution in [0.15, 0.2) is 91.0 Å². The van der Waals surface area contributed by atoms with Crippen molar-refractivity contribution in [2.45, 2.75) is 19.5 Å². The predicted octanol–water partition coefficient (Wildman–Crippen LogP) is -1.49. The zero-order chi connectivity index (χ0) is 15.4. The lowest BCUT2D eigenvalue weighted by molar-refractivity contribution is -0.001000. The van der Waals surface area contributed by atoms with Crippen molar-refractivity contribution in [2.75, 3.05) is 0 Å². The van der Waals surface area contributed by atoms with Crippen LogP contribution in [0.25, 0.3) is 0 Å². The molecule has 0 saturated carbocycles. The van der Waals surface area contributed by atoms with Crippen LogP contribution in [0.2, 0.25) is 0 Å². The second kappa shape index (κ2) is 8.70. The molecule has 0 aromatic heterocycles. The van der Waals surface area contributed by atoms with E-state index in [0.717, 1.165) is 0 Å². The largest absolute Gasteiger partial charge is 1.00 e. The second-order valence-electron chi connectivity index (χ2n) is 5.82. The first-order valence-corrected chi connectivity index (χ1v) is 9.67. The third-order valence-corrected chi connectivity index (χ3v) is 9.15. The van der Waals surface area contributed by atoms with Crippen LogP contribution in [0.5, 0.6) is 0 Å². The summed E-state index contributed by atoms with van der Waals surface area (Å²) in [6, 6.07) is 33.1. The molecular weight excluding hydrogens is 321 g/mol. The standard InChI is InChI=1S/C21H22P.2FH/c1-18(2)22(19-12-6-3-7-13-19,20-14-8-4-9-15-20)21-16-10-5-11-17-21;;/h3-18H,1-2H3;2*1H/q+1;;/p-1. The first kappa shape index (κ1) is 20.0. The average Bonchev–Trinajstić information content (AvgIpc) is 2.58. The van der Waals surface area contributed by atoms with Gasteiger partial charge in [0.15, 0.2) is 0 Å². The zero-order valence-corrected chi connectivity index (χ0v) is 14.8. The summed E-state index contributed by atoms with van der Waals surface area (Å²) in [5, 5.41) is 4.38. The Labute approximate surface area is 145 Å². The molecule has 3 heteroatoms. The number of hydrogen-bond donors (Lipinski definition) is 0. The van der Waals surface area contributed by atoms with Crippen molar-refractivity contribution in [2.24, 2.45) is 0 Å². The van der Waals surface area contributed by atoms with E-state index >= 15 is 0 Å². The number of rotatable bonds is 4. The lowest BCUT2D eigenvalue weighted by Crippen LogP contribution is -3.00. The molecule has 3 rings (SSSR count). The first-order valence-electron chi connectivity index (χ1n) is 7.82. The molecule has 0 heterocycles. The van der Waals surface area contributed by atoms with Gasteiger partial charge < -0.3 is 9.41 Å². The van der Waals surface area contributed by atoms with Crippen molar-refractivity contribution >= 4 is 23.2 Å². The molecule has 3 aromatic carbocycles. The van der Waals surface area contributed by atoms with Crippen LogP contribution in [0.3, 0.4) is 0 Å². The van der Waals surface area contributed by atoms with Crippen LogP contribution in [0, 0.1) is 0 Å². The SMILES string of the molecule is CC(C)[P+](c1ccccc1)(c1ccccc1)c1ccccc1.[F-].[F-].[H+]. The molecule has 0 bridgehead atoms. The fourth-order valence-electron chi connectivity index (χ4n) is 3.33. The van der Waals surface area contributed by atoms with Gasteiger partial charge in [0.1, 0.15) is 23.2 Å². The molecule has 0 spiro atoms. The van der Waals surface area contributed by atoms with Gasteiger partial charge in [0.25, 0.3) is 0 Å². The lowest BCUT2D eigenvalue weighted by Gasteiger charge is -2.31. The maximum atomic E-state index is 2.36. The van der Waals surface area contributed by atoms with E-state index in [2.05, 4.69) is 105 Å². The Morgan fingerprint density at radius 2 is 0.792 bits per heavy atom. The van der Waals surface area contributed by atoms with Gasteiger partial charge in [-0.3, -0.25) is 0 Å². The summed E-state index contributed by atoms with van der Waals surface area (Å²) in [5.74, 6) is 0. The Balaban J connectivity index is 0.00000192. The highest BCUT2D eigenvalue weighted by molar-refractivity contribution is 7.96. The van der Waals surface area contributed by atoms with Gasteiger partial charge in [-0.05, 0) is 50.2 Å². The minimum absolute atomic E-state index is 0. The first-order chi connectivity index (χ1) is 10.8. The Hall–Kier alpha value is -2.05. The summed E-state index contributed by atoms with van der Waals surface area (Å²) >= 11 is 0. The number of hydrogen-bond acceptors (Lipinski definition) is 0. The van der Waals surface area contributed by atoms with E-state index in [0.29, 0.717) is 5.66 Å². The second-order valence-corrected chi connectivity index (χ2v) is 9.85. The summed E-state index contributed by atoms with van der Waals surface area (Å²) in [6.07, 6.45) is 0. The van der Waals surface area contributed by atoms with Gasteiger partial charge in [0, 0.05) is 0 Å². The highest BCUT2D eigenvalue weighted by atomic mass is 31.2. The summed E-state index contributed by atoms with van der Waals surface area (Å²) in [6.45, 7) is 4.72. The van der Waals surface area contributed by atoms with Crippen LogP contribution in [-0.2, 0) is 0 Å². The van der Waals surface area contributed by atoms with E-state index < -0.39 is 7.26 Å². The topological polar surface area (TPSA) is 0 Å². The molecule has 0 unspecified atom stereocenters. The number of benzene rings is 3. The van der Waals surface area contributed by atoms with E-state index in [4.69, 9.17) is 0 Å². The Kier molecular flexibility index (Phi) is 7.25. The van der Waals surface area contributed by atoms with Gasteiger partial charge in [-0.25, -0.2) is 0 Å². The van der Waals surface area contributed by atoms with Crippen LogP contribution in [0.1, 0.15) is 15.3 Å². The van der Waals surface area contributed by atoms with Crippen LogP contribution >= 0.6 is 7.26 Å². The smallest absolute Gasteiger partial charge is 1.00 e. The normalized spacial score (nSPS) is 10.6. The van der Waals surface area contributed by atoms with Crippen LogP contribution in [0.4, 0.5) is 0 Å². The monoisotopic (exact) mass is 344 g/mol. The fraction of sp³-hybridized carbons (Fsp3) is 0.143. The minimum atomic E-state index is -1.63. The van der Waals surface area contributed by atoms with Gasteiger partial charge in [-0.15, -0.1) is 0 Å². The molecule has 0 aliphatic carbocycles. The third kappa shape index (κ3) is 3.39. The molecule has 0 aliphatic rings. The third-order valence-electron chi connectivity index (χ3n) is 4.26. The van der Waals surface area contributed by atoms with Crippen LogP contribution in [-0.4, -0.2) is 5.66 Å². The van der Waals surface area contributed by atoms with Crippen molar-refractivity contribution in [3.63, 3.8) is 0 Å². The molecule has 0 atom stereocenters. The summed E-state index contributed by atoms with van der Waals surface area (Å²) in [5.41, 5.74) is 0.555. The van der Waals surface area contributed by atoms with Crippen molar-refractivity contribution < 1.29 is 10.8 Å². The zero-order valence-electron chi connectivity index (χ0n) is 14.9. The summed E-state index contributed by atoms with van der Waals surface area (Å²) in [7, 11) is -1.63. The highest BCUT2D eigenvalue weighted by Gasteiger charge is 2.48. The van der Waals surface area contributed by atoms with Crippen molar-refractivity contribution in [1.82, 2.24) is 0 Å². The molecule has 0 saturated heterocycles. The van der Waals surface area contributed by atoms with Gasteiger partial charge >= 0.3 is 1.43 Å². The van der Waals surface area contributed by atoms with Gasteiger partial charge in [0.2, 0.25) is 0 Å². The molecule has 0 N–H and O–H groups in total. The summed E-state index contributed by atoms with van der Waals surface area (Å²) < 4.78 is 0. The van der Waals surface area contributed by atoms with Crippen molar-refractivity contribution in [1.29, 1.82) is 0 Å². The van der Waals surface area contributed by atoms with Gasteiger partial charge in [-0.2, -0.15) is 0 Å². The van der Waals surface area contributed by atoms with E-state index in [9.17, 15) is 0 Å². The molecular formula is C21H23F2P. The number of halogens is 2. The molecule has 0 amide bonds. The average molecular weight is 344 g/mol. The predicted molar refractivity (Wildman–Crippen MR) is 101 cm³/mol. The fourth-order valence-corrected chi connectivity index (χ4v) is 7.94. The van der Waals surface area contributed by atoms with E-state index in [-0.39, 0.29) is 10.8 Å². The maximum absolute atomic E-state index is 2.36. The van der Waals surface area contributed by atoms with Gasteiger partial charge in [-0.1, -0.05) is 54.6 Å².